The topological polar surface area (TPSA) is 198 Å². The van der Waals surface area contributed by atoms with Crippen LogP contribution in [0.4, 0.5) is 14.5 Å². The van der Waals surface area contributed by atoms with Crippen molar-refractivity contribution in [3.8, 4) is 5.75 Å². The predicted molar refractivity (Wildman–Crippen MR) is 185 cm³/mol. The van der Waals surface area contributed by atoms with Gasteiger partial charge in [-0.25, -0.2) is 27.9 Å². The minimum absolute atomic E-state index is 0.143. The monoisotopic (exact) mass is 714 g/mol. The van der Waals surface area contributed by atoms with Crippen LogP contribution < -0.4 is 16.4 Å². The highest BCUT2D eigenvalue weighted by atomic mass is 19.2. The lowest BCUT2D eigenvalue weighted by Gasteiger charge is -2.21. The number of phenolic OH excluding ortho intramolecular Hbond substituents is 1. The Morgan fingerprint density at radius 1 is 1.00 bits per heavy atom. The van der Waals surface area contributed by atoms with Crippen LogP contribution in [0.25, 0.3) is 5.65 Å². The van der Waals surface area contributed by atoms with Crippen molar-refractivity contribution >= 4 is 35.1 Å². The fraction of sp³-hybridized carbons (Fsp3) is 0.243. The van der Waals surface area contributed by atoms with E-state index in [1.54, 1.807) is 51.1 Å². The molecule has 270 valence electrons. The van der Waals surface area contributed by atoms with Crippen LogP contribution in [-0.2, 0) is 17.7 Å². The van der Waals surface area contributed by atoms with Crippen LogP contribution in [0.5, 0.6) is 5.75 Å². The molecule has 0 saturated heterocycles. The van der Waals surface area contributed by atoms with E-state index in [9.17, 15) is 33.1 Å². The molecule has 0 radical (unpaired) electrons. The quantitative estimate of drug-likeness (QED) is 0.109. The van der Waals surface area contributed by atoms with E-state index < -0.39 is 47.0 Å². The Morgan fingerprint density at radius 2 is 1.75 bits per heavy atom. The number of fused-ring (bicyclic) bond motifs is 2. The fourth-order valence-corrected chi connectivity index (χ4v) is 5.66. The number of hydrogen-bond donors (Lipinski definition) is 5. The number of carbonyl (C=O) groups is 4. The number of nitrogens with zero attached hydrogens (tertiary/aromatic N) is 3. The highest BCUT2D eigenvalue weighted by Crippen LogP contribution is 2.35. The Kier molecular flexibility index (Phi) is 10.5. The van der Waals surface area contributed by atoms with Gasteiger partial charge >= 0.3 is 11.9 Å². The van der Waals surface area contributed by atoms with E-state index >= 15 is 0 Å². The summed E-state index contributed by atoms with van der Waals surface area (Å²) in [6.45, 7) is 7.01. The van der Waals surface area contributed by atoms with E-state index in [0.717, 1.165) is 39.5 Å². The molecule has 0 unspecified atom stereocenters. The Morgan fingerprint density at radius 3 is 2.38 bits per heavy atom. The number of carboxylic acids is 1. The number of aromatic carboxylic acids is 1. The molecule has 3 aromatic carbocycles. The summed E-state index contributed by atoms with van der Waals surface area (Å²) in [6, 6.07) is 13.8. The molecule has 2 amide bonds. The van der Waals surface area contributed by atoms with E-state index in [2.05, 4.69) is 20.7 Å². The average molecular weight is 715 g/mol. The van der Waals surface area contributed by atoms with E-state index in [-0.39, 0.29) is 40.5 Å². The molecular weight excluding hydrogens is 678 g/mol. The maximum atomic E-state index is 13.6. The first-order valence-electron chi connectivity index (χ1n) is 16.1. The summed E-state index contributed by atoms with van der Waals surface area (Å²) in [6.07, 6.45) is 2.16. The summed E-state index contributed by atoms with van der Waals surface area (Å²) in [4.78, 5) is 55.3. The molecule has 13 nitrogen and oxygen atoms in total. The van der Waals surface area contributed by atoms with Gasteiger partial charge in [-0.2, -0.15) is 5.10 Å². The van der Waals surface area contributed by atoms with Crippen molar-refractivity contribution < 1.29 is 42.9 Å². The molecule has 0 saturated carbocycles. The van der Waals surface area contributed by atoms with Gasteiger partial charge in [-0.15, -0.1) is 0 Å². The van der Waals surface area contributed by atoms with Crippen LogP contribution >= 0.6 is 0 Å². The number of hydrogen-bond acceptors (Lipinski definition) is 9. The summed E-state index contributed by atoms with van der Waals surface area (Å²) in [5.41, 5.74) is 7.47. The Bertz CT molecular complexity index is 2200. The number of benzene rings is 3. The van der Waals surface area contributed by atoms with Gasteiger partial charge in [0.1, 0.15) is 28.3 Å². The number of amides is 2. The number of esters is 1. The van der Waals surface area contributed by atoms with Crippen molar-refractivity contribution in [2.45, 2.75) is 58.7 Å². The Labute approximate surface area is 296 Å². The lowest BCUT2D eigenvalue weighted by Crippen LogP contribution is -2.31. The zero-order chi connectivity index (χ0) is 37.9. The maximum Gasteiger partial charge on any atom is 0.341 e. The lowest BCUT2D eigenvalue weighted by molar-refractivity contribution is 0.00681. The van der Waals surface area contributed by atoms with Crippen molar-refractivity contribution in [3.63, 3.8) is 0 Å². The molecule has 0 fully saturated rings. The second kappa shape index (κ2) is 14.8. The van der Waals surface area contributed by atoms with Gasteiger partial charge in [0.25, 0.3) is 11.8 Å². The van der Waals surface area contributed by atoms with E-state index in [1.165, 1.54) is 18.2 Å². The average Bonchev–Trinajstić information content (AvgIpc) is 3.69. The molecule has 15 heteroatoms. The summed E-state index contributed by atoms with van der Waals surface area (Å²) in [7, 11) is 0. The zero-order valence-electron chi connectivity index (χ0n) is 28.7. The third kappa shape index (κ3) is 8.31. The van der Waals surface area contributed by atoms with Crippen LogP contribution in [0.1, 0.15) is 97.2 Å². The number of nitrogens with two attached hydrogens (primary N) is 1. The molecule has 1 aliphatic rings. The number of halogens is 2. The number of anilines is 1. The van der Waals surface area contributed by atoms with Gasteiger partial charge < -0.3 is 31.3 Å². The van der Waals surface area contributed by atoms with Gasteiger partial charge in [0.05, 0.1) is 17.8 Å². The number of phenols is 1. The van der Waals surface area contributed by atoms with E-state index in [4.69, 9.17) is 15.6 Å². The van der Waals surface area contributed by atoms with Crippen LogP contribution in [0, 0.1) is 18.6 Å². The van der Waals surface area contributed by atoms with Gasteiger partial charge in [0.2, 0.25) is 0 Å². The summed E-state index contributed by atoms with van der Waals surface area (Å²) in [5.74, 6) is -5.12. The Hall–Kier alpha value is -6.38. The molecule has 1 aliphatic carbocycles. The summed E-state index contributed by atoms with van der Waals surface area (Å²) >= 11 is 0. The predicted octanol–water partition coefficient (Wildman–Crippen LogP) is 5.29. The minimum Gasteiger partial charge on any atom is -0.508 e. The summed E-state index contributed by atoms with van der Waals surface area (Å²) in [5, 5.41) is 27.8. The van der Waals surface area contributed by atoms with Gasteiger partial charge in [-0.05, 0) is 93.1 Å². The fourth-order valence-electron chi connectivity index (χ4n) is 5.66. The van der Waals surface area contributed by atoms with Gasteiger partial charge in [-0.3, -0.25) is 9.59 Å². The first kappa shape index (κ1) is 36.9. The molecule has 6 N–H and O–H groups in total. The van der Waals surface area contributed by atoms with Crippen LogP contribution in [0.2, 0.25) is 0 Å². The molecule has 2 aromatic heterocycles. The first-order valence-corrected chi connectivity index (χ1v) is 16.1. The number of nitrogen functional groups attached to an aromatic ring is 1. The van der Waals surface area contributed by atoms with Crippen LogP contribution in [-0.4, -0.2) is 54.2 Å². The smallest absolute Gasteiger partial charge is 0.341 e. The first-order chi connectivity index (χ1) is 24.5. The largest absolute Gasteiger partial charge is 0.508 e. The number of carboxylic acid groups (broad SMARTS) is 1. The molecular formula is C37H36F2N6O7. The molecule has 52 heavy (non-hydrogen) atoms. The normalized spacial score (nSPS) is 13.5. The van der Waals surface area contributed by atoms with Crippen molar-refractivity contribution in [1.29, 1.82) is 0 Å². The number of carbonyl (C=O) groups excluding carboxylic acids is 3. The number of aromatic nitrogens is 3. The van der Waals surface area contributed by atoms with Gasteiger partial charge in [0.15, 0.2) is 17.3 Å². The van der Waals surface area contributed by atoms with Crippen molar-refractivity contribution in [1.82, 2.24) is 25.2 Å². The molecule has 0 spiro atoms. The highest BCUT2D eigenvalue weighted by Gasteiger charge is 2.30. The molecule has 1 atom stereocenters. The standard InChI is InChI=1S/C31H29F2N5O6.C6H7NO/c1-15-17-8-10-23(19(17)7-6-18(15)30(43)44-31(2,3)4)37-28(40)25-12-24(36-26-20(29(41)42)14-35-38(25)26)27(39)34-13-16-5-9-21(32)22(33)11-16;7-5-2-1-3-6(8)4-5/h5-7,9,11-12,14,23H,8,10,13H2,1-4H3,(H,34,39)(H,37,40)(H,41,42);1-4,8H,7H2/t23-;/m0./s1. The molecule has 0 bridgehead atoms. The summed E-state index contributed by atoms with van der Waals surface area (Å²) < 4.78 is 33.4. The zero-order valence-corrected chi connectivity index (χ0v) is 28.7. The van der Waals surface area contributed by atoms with Crippen LogP contribution in [0.3, 0.4) is 0 Å². The lowest BCUT2D eigenvalue weighted by atomic mass is 9.97. The Balaban J connectivity index is 0.000000577. The van der Waals surface area contributed by atoms with Crippen LogP contribution in [0.15, 0.2) is 66.9 Å². The molecule has 6 rings (SSSR count). The number of ether oxygens (including phenoxy) is 1. The minimum atomic E-state index is -1.36. The van der Waals surface area contributed by atoms with E-state index in [1.807, 2.05) is 6.92 Å². The molecule has 0 aliphatic heterocycles. The van der Waals surface area contributed by atoms with Gasteiger partial charge in [-0.1, -0.05) is 18.2 Å². The molecule has 2 heterocycles. The maximum absolute atomic E-state index is 13.6. The number of nitrogens with one attached hydrogen (secondary N) is 2. The third-order valence-electron chi connectivity index (χ3n) is 8.09. The SMILES string of the molecule is Cc1c(C(=O)OC(C)(C)C)ccc2c1CC[C@@H]2NC(=O)c1cc(C(=O)NCc2ccc(F)c(F)c2)nc2c(C(=O)O)cnn12.Nc1cccc(O)c1. The number of rotatable bonds is 7. The van der Waals surface area contributed by atoms with Crippen molar-refractivity contribution in [2.75, 3.05) is 5.73 Å². The second-order valence-corrected chi connectivity index (χ2v) is 13.0. The van der Waals surface area contributed by atoms with E-state index in [0.29, 0.717) is 24.1 Å². The van der Waals surface area contributed by atoms with Crippen molar-refractivity contribution in [2.24, 2.45) is 0 Å². The van der Waals surface area contributed by atoms with Crippen molar-refractivity contribution in [3.05, 3.63) is 123 Å². The number of aromatic hydroxyl groups is 1. The third-order valence-corrected chi connectivity index (χ3v) is 8.09. The second-order valence-electron chi connectivity index (χ2n) is 13.0. The highest BCUT2D eigenvalue weighted by molar-refractivity contribution is 6.01. The van der Waals surface area contributed by atoms with Gasteiger partial charge in [0, 0.05) is 24.4 Å². The molecule has 5 aromatic rings.